The van der Waals surface area contributed by atoms with E-state index in [4.69, 9.17) is 5.73 Å². The first kappa shape index (κ1) is 10.2. The van der Waals surface area contributed by atoms with E-state index >= 15 is 0 Å². The first-order chi connectivity index (χ1) is 6.13. The van der Waals surface area contributed by atoms with E-state index in [9.17, 15) is 0 Å². The van der Waals surface area contributed by atoms with Crippen molar-refractivity contribution in [1.29, 1.82) is 0 Å². The third-order valence-corrected chi connectivity index (χ3v) is 2.20. The Morgan fingerprint density at radius 1 is 1.15 bits per heavy atom. The van der Waals surface area contributed by atoms with Gasteiger partial charge in [0.25, 0.3) is 0 Å². The lowest BCUT2D eigenvalue weighted by molar-refractivity contribution is 0.266. The SMILES string of the molecule is C[C@H](N)[C@H](c1ccccc1)N(C)C. The van der Waals surface area contributed by atoms with E-state index in [0.29, 0.717) is 6.04 Å². The third kappa shape index (κ3) is 2.54. The van der Waals surface area contributed by atoms with Gasteiger partial charge in [0.1, 0.15) is 0 Å². The number of rotatable bonds is 3. The maximum Gasteiger partial charge on any atom is 0.0491 e. The zero-order valence-electron chi connectivity index (χ0n) is 8.57. The molecular weight excluding hydrogens is 160 g/mol. The van der Waals surface area contributed by atoms with Crippen LogP contribution < -0.4 is 5.73 Å². The van der Waals surface area contributed by atoms with Crippen molar-refractivity contribution in [3.63, 3.8) is 0 Å². The smallest absolute Gasteiger partial charge is 0.0491 e. The first-order valence-corrected chi connectivity index (χ1v) is 4.60. The summed E-state index contributed by atoms with van der Waals surface area (Å²) in [4.78, 5) is 2.15. The molecule has 0 unspecified atom stereocenters. The third-order valence-electron chi connectivity index (χ3n) is 2.20. The highest BCUT2D eigenvalue weighted by atomic mass is 15.1. The second-order valence-electron chi connectivity index (χ2n) is 3.68. The summed E-state index contributed by atoms with van der Waals surface area (Å²) in [6, 6.07) is 10.8. The van der Waals surface area contributed by atoms with Gasteiger partial charge in [-0.15, -0.1) is 0 Å². The van der Waals surface area contributed by atoms with Gasteiger partial charge in [-0.3, -0.25) is 0 Å². The molecule has 0 fully saturated rings. The average molecular weight is 178 g/mol. The Morgan fingerprint density at radius 3 is 2.08 bits per heavy atom. The molecule has 1 aromatic rings. The number of hydrogen-bond donors (Lipinski definition) is 1. The Kier molecular flexibility index (Phi) is 3.46. The van der Waals surface area contributed by atoms with E-state index in [1.807, 2.05) is 25.1 Å². The quantitative estimate of drug-likeness (QED) is 0.762. The van der Waals surface area contributed by atoms with Gasteiger partial charge >= 0.3 is 0 Å². The van der Waals surface area contributed by atoms with Gasteiger partial charge in [-0.25, -0.2) is 0 Å². The molecule has 0 aliphatic heterocycles. The monoisotopic (exact) mass is 178 g/mol. The minimum absolute atomic E-state index is 0.150. The van der Waals surface area contributed by atoms with Crippen molar-refractivity contribution < 1.29 is 0 Å². The summed E-state index contributed by atoms with van der Waals surface area (Å²) < 4.78 is 0. The van der Waals surface area contributed by atoms with E-state index in [-0.39, 0.29) is 6.04 Å². The normalized spacial score (nSPS) is 15.8. The molecule has 0 saturated carbocycles. The highest BCUT2D eigenvalue weighted by Gasteiger charge is 2.17. The standard InChI is InChI=1S/C11H18N2/c1-9(12)11(13(2)3)10-7-5-4-6-8-10/h4-9,11H,12H2,1-3H3/t9-,11+/m0/s1. The van der Waals surface area contributed by atoms with Crippen LogP contribution in [0.5, 0.6) is 0 Å². The summed E-state index contributed by atoms with van der Waals surface area (Å²) in [5.41, 5.74) is 7.21. The minimum atomic E-state index is 0.150. The van der Waals surface area contributed by atoms with E-state index in [0.717, 1.165) is 0 Å². The van der Waals surface area contributed by atoms with E-state index in [1.54, 1.807) is 0 Å². The van der Waals surface area contributed by atoms with Gasteiger partial charge in [0.15, 0.2) is 0 Å². The van der Waals surface area contributed by atoms with Crippen LogP contribution in [0, 0.1) is 0 Å². The van der Waals surface area contributed by atoms with Crippen molar-refractivity contribution in [3.05, 3.63) is 35.9 Å². The predicted molar refractivity (Wildman–Crippen MR) is 56.5 cm³/mol. The van der Waals surface area contributed by atoms with Crippen LogP contribution in [0.2, 0.25) is 0 Å². The van der Waals surface area contributed by atoms with Gasteiger partial charge in [-0.1, -0.05) is 30.3 Å². The zero-order valence-corrected chi connectivity index (χ0v) is 8.57. The molecule has 0 spiro atoms. The number of hydrogen-bond acceptors (Lipinski definition) is 2. The van der Waals surface area contributed by atoms with E-state index in [1.165, 1.54) is 5.56 Å². The van der Waals surface area contributed by atoms with Crippen molar-refractivity contribution in [2.45, 2.75) is 19.0 Å². The Bertz CT molecular complexity index is 234. The Morgan fingerprint density at radius 2 is 1.69 bits per heavy atom. The summed E-state index contributed by atoms with van der Waals surface area (Å²) in [5, 5.41) is 0. The lowest BCUT2D eigenvalue weighted by Gasteiger charge is -2.28. The number of benzene rings is 1. The number of nitrogens with zero attached hydrogens (tertiary/aromatic N) is 1. The highest BCUT2D eigenvalue weighted by Crippen LogP contribution is 2.19. The van der Waals surface area contributed by atoms with Crippen LogP contribution in [0.4, 0.5) is 0 Å². The van der Waals surface area contributed by atoms with E-state index < -0.39 is 0 Å². The Labute approximate surface area is 80.4 Å². The Balaban J connectivity index is 2.89. The molecule has 0 radical (unpaired) electrons. The molecule has 0 aromatic heterocycles. The molecule has 2 atom stereocenters. The van der Waals surface area contributed by atoms with Crippen molar-refractivity contribution in [2.75, 3.05) is 14.1 Å². The lowest BCUT2D eigenvalue weighted by atomic mass is 10.0. The summed E-state index contributed by atoms with van der Waals surface area (Å²) in [5.74, 6) is 0. The minimum Gasteiger partial charge on any atom is -0.326 e. The maximum atomic E-state index is 5.93. The topological polar surface area (TPSA) is 29.3 Å². The molecular formula is C11H18N2. The molecule has 0 heterocycles. The van der Waals surface area contributed by atoms with Crippen LogP contribution >= 0.6 is 0 Å². The van der Waals surface area contributed by atoms with Crippen LogP contribution in [0.15, 0.2) is 30.3 Å². The molecule has 0 aliphatic carbocycles. The van der Waals surface area contributed by atoms with Crippen molar-refractivity contribution in [1.82, 2.24) is 4.90 Å². The largest absolute Gasteiger partial charge is 0.326 e. The lowest BCUT2D eigenvalue weighted by Crippen LogP contribution is -2.34. The van der Waals surface area contributed by atoms with Gasteiger partial charge in [-0.2, -0.15) is 0 Å². The van der Waals surface area contributed by atoms with Crippen LogP contribution in [0.1, 0.15) is 18.5 Å². The molecule has 0 amide bonds. The molecule has 2 nitrogen and oxygen atoms in total. The molecule has 0 bridgehead atoms. The van der Waals surface area contributed by atoms with Gasteiger partial charge in [-0.05, 0) is 26.6 Å². The van der Waals surface area contributed by atoms with Crippen LogP contribution in [-0.4, -0.2) is 25.0 Å². The fourth-order valence-electron chi connectivity index (χ4n) is 1.72. The first-order valence-electron chi connectivity index (χ1n) is 4.60. The fourth-order valence-corrected chi connectivity index (χ4v) is 1.72. The number of likely N-dealkylation sites (N-methyl/N-ethyl adjacent to an activating group) is 1. The summed E-state index contributed by atoms with van der Waals surface area (Å²) >= 11 is 0. The highest BCUT2D eigenvalue weighted by molar-refractivity contribution is 5.20. The molecule has 0 aliphatic rings. The molecule has 1 aromatic carbocycles. The molecule has 2 heteroatoms. The second kappa shape index (κ2) is 4.40. The molecule has 72 valence electrons. The molecule has 2 N–H and O–H groups in total. The molecule has 1 rings (SSSR count). The predicted octanol–water partition coefficient (Wildman–Crippen LogP) is 1.64. The average Bonchev–Trinajstić information content (AvgIpc) is 2.04. The van der Waals surface area contributed by atoms with E-state index in [2.05, 4.69) is 31.1 Å². The van der Waals surface area contributed by atoms with Gasteiger partial charge in [0, 0.05) is 12.1 Å². The molecule has 0 saturated heterocycles. The Hall–Kier alpha value is -0.860. The van der Waals surface area contributed by atoms with Crippen molar-refractivity contribution in [3.8, 4) is 0 Å². The van der Waals surface area contributed by atoms with Crippen molar-refractivity contribution in [2.24, 2.45) is 5.73 Å². The molecule has 13 heavy (non-hydrogen) atoms. The number of nitrogens with two attached hydrogens (primary N) is 1. The summed E-state index contributed by atoms with van der Waals surface area (Å²) in [6.07, 6.45) is 0. The van der Waals surface area contributed by atoms with Gasteiger partial charge < -0.3 is 10.6 Å². The maximum absolute atomic E-state index is 5.93. The fraction of sp³-hybridized carbons (Fsp3) is 0.455. The van der Waals surface area contributed by atoms with Gasteiger partial charge in [0.2, 0.25) is 0 Å². The van der Waals surface area contributed by atoms with Gasteiger partial charge in [0.05, 0.1) is 0 Å². The van der Waals surface area contributed by atoms with Crippen LogP contribution in [-0.2, 0) is 0 Å². The van der Waals surface area contributed by atoms with Crippen LogP contribution in [0.25, 0.3) is 0 Å². The van der Waals surface area contributed by atoms with Crippen molar-refractivity contribution >= 4 is 0 Å². The zero-order chi connectivity index (χ0) is 9.84. The second-order valence-corrected chi connectivity index (χ2v) is 3.68. The summed E-state index contributed by atoms with van der Waals surface area (Å²) in [7, 11) is 4.11. The van der Waals surface area contributed by atoms with Crippen LogP contribution in [0.3, 0.4) is 0 Å². The summed E-state index contributed by atoms with van der Waals surface area (Å²) in [6.45, 7) is 2.04.